The quantitative estimate of drug-likeness (QED) is 0.0618. The first-order valence-electron chi connectivity index (χ1n) is 14.5. The molecule has 29 heteroatoms. The third-order valence-corrected chi connectivity index (χ3v) is 11.9. The van der Waals surface area contributed by atoms with E-state index in [0.29, 0.717) is 6.07 Å². The van der Waals surface area contributed by atoms with Crippen LogP contribution < -0.4 is 10.6 Å². The number of nitrogens with zero attached hydrogens (tertiary/aromatic N) is 5. The molecule has 5 aromatic rings. The second kappa shape index (κ2) is 15.5. The van der Waals surface area contributed by atoms with Crippen molar-refractivity contribution in [3.05, 3.63) is 72.0 Å². The van der Waals surface area contributed by atoms with Crippen molar-refractivity contribution in [2.45, 2.75) is 19.6 Å². The van der Waals surface area contributed by atoms with Crippen molar-refractivity contribution in [2.24, 2.45) is 10.2 Å². The predicted molar refractivity (Wildman–Crippen MR) is 193 cm³/mol. The maximum atomic E-state index is 13.0. The van der Waals surface area contributed by atoms with Gasteiger partial charge in [-0.15, -0.1) is 5.11 Å². The Bertz CT molecular complexity index is 2990. The highest BCUT2D eigenvalue weighted by atomic mass is 35.5. The highest BCUT2D eigenvalue weighted by molar-refractivity contribution is 7.91. The van der Waals surface area contributed by atoms with E-state index in [1.54, 1.807) is 0 Å². The summed E-state index contributed by atoms with van der Waals surface area (Å²) >= 11 is 6.10. The molecule has 0 aliphatic heterocycles. The monoisotopic (exact) mass is 895 g/mol. The van der Waals surface area contributed by atoms with Gasteiger partial charge >= 0.3 is 10.4 Å². The van der Waals surface area contributed by atoms with Crippen molar-refractivity contribution >= 4 is 108 Å². The molecule has 0 bridgehead atoms. The lowest BCUT2D eigenvalue weighted by molar-refractivity contribution is 0.284. The minimum absolute atomic E-state index is 0.140. The van der Waals surface area contributed by atoms with Gasteiger partial charge in [-0.05, 0) is 71.6 Å². The van der Waals surface area contributed by atoms with E-state index in [4.69, 9.17) is 16.2 Å². The van der Waals surface area contributed by atoms with Gasteiger partial charge in [-0.3, -0.25) is 18.2 Å². The number of benzene rings is 4. The number of anilines is 4. The van der Waals surface area contributed by atoms with Crippen LogP contribution >= 0.6 is 11.6 Å². The van der Waals surface area contributed by atoms with E-state index in [9.17, 15) is 60.9 Å². The molecule has 0 radical (unpaired) electrons. The summed E-state index contributed by atoms with van der Waals surface area (Å²) < 4.78 is 162. The van der Waals surface area contributed by atoms with Crippen LogP contribution in [0.15, 0.2) is 96.5 Å². The predicted octanol–water partition coefficient (Wildman–Crippen LogP) is 3.62. The lowest BCUT2D eigenvalue weighted by Gasteiger charge is -2.15. The average Bonchev–Trinajstić information content (AvgIpc) is 3.05. The van der Waals surface area contributed by atoms with Gasteiger partial charge in [-0.1, -0.05) is 12.1 Å². The molecule has 0 saturated carbocycles. The molecule has 5 rings (SSSR count). The van der Waals surface area contributed by atoms with E-state index in [2.05, 4.69) is 40.0 Å². The SMILES string of the molecule is O=S(=O)(O)OCCS(=O)(=O)c1ccccc1Nc1nc(Cl)nc(Nc2cc(S(=O)(=O)O)cc3cc(S(=O)(=O)O)c(N=Nc4ccc(S(=O)(=O)O)cc4)c(O)c23)n1. The van der Waals surface area contributed by atoms with Crippen LogP contribution in [0.5, 0.6) is 5.75 Å². The molecule has 1 heterocycles. The van der Waals surface area contributed by atoms with Gasteiger partial charge in [0.05, 0.1) is 44.1 Å². The van der Waals surface area contributed by atoms with Gasteiger partial charge in [-0.2, -0.15) is 53.7 Å². The van der Waals surface area contributed by atoms with Gasteiger partial charge in [-0.25, -0.2) is 12.6 Å². The van der Waals surface area contributed by atoms with Gasteiger partial charge in [0.15, 0.2) is 15.6 Å². The van der Waals surface area contributed by atoms with Crippen molar-refractivity contribution < 1.29 is 69.6 Å². The number of nitrogens with one attached hydrogen (secondary N) is 2. The summed E-state index contributed by atoms with van der Waals surface area (Å²) in [6, 6.07) is 11.2. The first-order valence-corrected chi connectivity index (χ1v) is 22.2. The molecule has 0 aliphatic rings. The standard InChI is InChI=1S/C27H22ClN7O16S5/c28-25-31-26(29-18-3-1-2-4-20(18)52(37,38)10-9-51-56(48,49)50)33-27(32-25)30-19-13-17(54(42,43)44)11-14-12-21(55(45,46)47)23(24(36)22(14)19)35-34-15-5-7-16(8-6-15)53(39,40)41/h1-8,11-13,36H,9-10H2,(H,39,40,41)(H,42,43,44)(H,45,46,47)(H,48,49,50)(H2,29,30,31,32,33). The Morgan fingerprint density at radius 1 is 0.661 bits per heavy atom. The molecule has 56 heavy (non-hydrogen) atoms. The zero-order valence-corrected chi connectivity index (χ0v) is 32.0. The summed E-state index contributed by atoms with van der Waals surface area (Å²) in [5.74, 6) is -2.96. The molecule has 0 spiro atoms. The van der Waals surface area contributed by atoms with Crippen LogP contribution in [-0.2, 0) is 54.8 Å². The topological polar surface area (TPSA) is 369 Å². The summed E-state index contributed by atoms with van der Waals surface area (Å²) in [6.07, 6.45) is 0. The second-order valence-corrected chi connectivity index (χ2v) is 18.6. The molecule has 23 nitrogen and oxygen atoms in total. The molecule has 0 amide bonds. The molecule has 0 atom stereocenters. The molecule has 298 valence electrons. The fourth-order valence-electron chi connectivity index (χ4n) is 4.70. The van der Waals surface area contributed by atoms with E-state index in [0.717, 1.165) is 42.5 Å². The zero-order valence-electron chi connectivity index (χ0n) is 27.1. The summed E-state index contributed by atoms with van der Waals surface area (Å²) in [6.45, 7) is -0.941. The maximum Gasteiger partial charge on any atom is 0.397 e. The number of halogens is 1. The summed E-state index contributed by atoms with van der Waals surface area (Å²) in [7, 11) is -24.2. The Labute approximate surface area is 321 Å². The number of azo groups is 1. The van der Waals surface area contributed by atoms with Crippen LogP contribution in [0.25, 0.3) is 10.8 Å². The highest BCUT2D eigenvalue weighted by Gasteiger charge is 2.26. The van der Waals surface area contributed by atoms with E-state index in [1.807, 2.05) is 0 Å². The summed E-state index contributed by atoms with van der Waals surface area (Å²) in [5.41, 5.74) is -1.71. The summed E-state index contributed by atoms with van der Waals surface area (Å²) in [4.78, 5) is 8.85. The molecular formula is C27H22ClN7O16S5. The van der Waals surface area contributed by atoms with Crippen LogP contribution in [0.3, 0.4) is 0 Å². The smallest absolute Gasteiger partial charge is 0.397 e. The Morgan fingerprint density at radius 3 is 1.82 bits per heavy atom. The normalized spacial score (nSPS) is 12.9. The molecule has 0 unspecified atom stereocenters. The van der Waals surface area contributed by atoms with E-state index >= 15 is 0 Å². The van der Waals surface area contributed by atoms with Gasteiger partial charge in [0.1, 0.15) is 10.6 Å². The lowest BCUT2D eigenvalue weighted by Crippen LogP contribution is -2.16. The van der Waals surface area contributed by atoms with Gasteiger partial charge in [0, 0.05) is 5.39 Å². The Morgan fingerprint density at radius 2 is 1.25 bits per heavy atom. The number of para-hydroxylation sites is 1. The number of aromatic nitrogens is 3. The number of phenols is 1. The Hall–Kier alpha value is -5.01. The molecular weight excluding hydrogens is 874 g/mol. The first-order chi connectivity index (χ1) is 25.8. The third kappa shape index (κ3) is 10.2. The molecule has 1 aromatic heterocycles. The number of fused-ring (bicyclic) bond motifs is 1. The van der Waals surface area contributed by atoms with Gasteiger partial charge in [0.25, 0.3) is 30.4 Å². The number of phenolic OH excluding ortho intramolecular Hbond substituents is 1. The molecule has 0 aliphatic carbocycles. The zero-order chi connectivity index (χ0) is 41.4. The van der Waals surface area contributed by atoms with Crippen LogP contribution in [0.1, 0.15) is 0 Å². The number of rotatable bonds is 14. The average molecular weight is 896 g/mol. The lowest BCUT2D eigenvalue weighted by atomic mass is 10.1. The van der Waals surface area contributed by atoms with Crippen LogP contribution in [-0.4, -0.2) is 92.7 Å². The molecule has 0 fully saturated rings. The minimum atomic E-state index is -5.27. The van der Waals surface area contributed by atoms with Crippen LogP contribution in [0.2, 0.25) is 5.28 Å². The number of hydrogen-bond acceptors (Lipinski definition) is 19. The van der Waals surface area contributed by atoms with Crippen molar-refractivity contribution in [1.29, 1.82) is 0 Å². The highest BCUT2D eigenvalue weighted by Crippen LogP contribution is 2.45. The van der Waals surface area contributed by atoms with Crippen molar-refractivity contribution in [3.63, 3.8) is 0 Å². The summed E-state index contributed by atoms with van der Waals surface area (Å²) in [5, 5.41) is 22.5. The van der Waals surface area contributed by atoms with Crippen molar-refractivity contribution in [1.82, 2.24) is 15.0 Å². The number of aromatic hydroxyl groups is 1. The van der Waals surface area contributed by atoms with Gasteiger partial charge in [0.2, 0.25) is 17.2 Å². The van der Waals surface area contributed by atoms with E-state index in [-0.39, 0.29) is 11.4 Å². The number of sulfone groups is 1. The molecule has 7 N–H and O–H groups in total. The van der Waals surface area contributed by atoms with Crippen LogP contribution in [0.4, 0.5) is 34.6 Å². The number of hydrogen-bond donors (Lipinski definition) is 7. The van der Waals surface area contributed by atoms with Crippen molar-refractivity contribution in [3.8, 4) is 5.75 Å². The fourth-order valence-corrected chi connectivity index (χ4v) is 8.20. The molecule has 0 saturated heterocycles. The van der Waals surface area contributed by atoms with E-state index in [1.165, 1.54) is 18.2 Å². The van der Waals surface area contributed by atoms with Crippen molar-refractivity contribution in [2.75, 3.05) is 23.0 Å². The first kappa shape index (κ1) is 42.1. The fraction of sp³-hybridized carbons (Fsp3) is 0.0741. The third-order valence-electron chi connectivity index (χ3n) is 7.01. The second-order valence-electron chi connectivity index (χ2n) is 10.8. The largest absolute Gasteiger partial charge is 0.505 e. The molecule has 4 aromatic carbocycles. The maximum absolute atomic E-state index is 13.0. The van der Waals surface area contributed by atoms with Gasteiger partial charge < -0.3 is 15.7 Å². The Kier molecular flexibility index (Phi) is 11.7. The van der Waals surface area contributed by atoms with Crippen LogP contribution in [0, 0.1) is 0 Å². The minimum Gasteiger partial charge on any atom is -0.505 e. The Balaban J connectivity index is 1.61. The van der Waals surface area contributed by atoms with E-state index < -0.39 is 128 Å².